The summed E-state index contributed by atoms with van der Waals surface area (Å²) in [6.45, 7) is 8.68. The van der Waals surface area contributed by atoms with Gasteiger partial charge in [-0.3, -0.25) is 10.1 Å². The molecular formula is C25H32N4O6S2. The molecule has 0 saturated heterocycles. The van der Waals surface area contributed by atoms with Gasteiger partial charge in [0.15, 0.2) is 9.84 Å². The van der Waals surface area contributed by atoms with Gasteiger partial charge in [-0.2, -0.15) is 4.31 Å². The predicted molar refractivity (Wildman–Crippen MR) is 139 cm³/mol. The normalized spacial score (nSPS) is 12.4. The summed E-state index contributed by atoms with van der Waals surface area (Å²) in [4.78, 5) is 13.0. The summed E-state index contributed by atoms with van der Waals surface area (Å²) in [5.74, 6) is 0.0477. The van der Waals surface area contributed by atoms with Crippen LogP contribution in [0.2, 0.25) is 0 Å². The highest BCUT2D eigenvalue weighted by atomic mass is 32.2. The summed E-state index contributed by atoms with van der Waals surface area (Å²) in [6.07, 6.45) is 1.39. The van der Waals surface area contributed by atoms with Crippen LogP contribution in [0.1, 0.15) is 49.5 Å². The van der Waals surface area contributed by atoms with E-state index in [2.05, 4.69) is 15.5 Å². The Balaban J connectivity index is 1.67. The molecule has 0 aliphatic heterocycles. The van der Waals surface area contributed by atoms with Crippen molar-refractivity contribution >= 4 is 31.8 Å². The molecule has 0 aliphatic carbocycles. The number of nitrogens with zero attached hydrogens (tertiary/aromatic N) is 3. The number of carbonyl (C=O) groups is 1. The van der Waals surface area contributed by atoms with Crippen molar-refractivity contribution in [1.29, 1.82) is 0 Å². The first-order chi connectivity index (χ1) is 17.3. The highest BCUT2D eigenvalue weighted by molar-refractivity contribution is 7.90. The highest BCUT2D eigenvalue weighted by Crippen LogP contribution is 2.20. The number of nitrogens with one attached hydrogen (secondary N) is 1. The van der Waals surface area contributed by atoms with Gasteiger partial charge in [0, 0.05) is 24.9 Å². The maximum Gasteiger partial charge on any atom is 0.322 e. The van der Waals surface area contributed by atoms with E-state index < -0.39 is 25.8 Å². The second kappa shape index (κ2) is 11.5. The second-order valence-electron chi connectivity index (χ2n) is 9.68. The number of amides is 1. The van der Waals surface area contributed by atoms with Crippen LogP contribution in [0.5, 0.6) is 0 Å². The molecule has 3 aromatic rings. The molecule has 1 N–H and O–H groups in total. The Morgan fingerprint density at radius 3 is 1.92 bits per heavy atom. The average molecular weight is 549 g/mol. The Labute approximate surface area is 218 Å². The Kier molecular flexibility index (Phi) is 8.88. The van der Waals surface area contributed by atoms with Crippen LogP contribution in [0.4, 0.5) is 6.01 Å². The van der Waals surface area contributed by atoms with Crippen molar-refractivity contribution in [2.75, 3.05) is 24.7 Å². The van der Waals surface area contributed by atoms with Gasteiger partial charge in [0.05, 0.1) is 16.2 Å². The fraction of sp³-hybridized carbons (Fsp3) is 0.400. The number of carbonyl (C=O) groups excluding carboxylic acids is 1. The van der Waals surface area contributed by atoms with Crippen molar-refractivity contribution in [2.45, 2.75) is 43.9 Å². The van der Waals surface area contributed by atoms with E-state index in [4.69, 9.17) is 4.42 Å². The zero-order valence-electron chi connectivity index (χ0n) is 21.5. The monoisotopic (exact) mass is 548 g/mol. The molecule has 3 rings (SSSR count). The van der Waals surface area contributed by atoms with Gasteiger partial charge < -0.3 is 4.42 Å². The van der Waals surface area contributed by atoms with E-state index in [1.807, 2.05) is 27.7 Å². The molecule has 12 heteroatoms. The predicted octanol–water partition coefficient (Wildman–Crippen LogP) is 3.62. The minimum absolute atomic E-state index is 0.107. The molecule has 1 amide bonds. The molecule has 0 fully saturated rings. The third kappa shape index (κ3) is 7.70. The Morgan fingerprint density at radius 2 is 1.41 bits per heavy atom. The van der Waals surface area contributed by atoms with E-state index in [1.165, 1.54) is 40.7 Å². The third-order valence-electron chi connectivity index (χ3n) is 5.29. The first kappa shape index (κ1) is 28.5. The molecule has 0 atom stereocenters. The van der Waals surface area contributed by atoms with Gasteiger partial charge >= 0.3 is 6.01 Å². The zero-order chi connectivity index (χ0) is 27.4. The quantitative estimate of drug-likeness (QED) is 0.383. The SMILES string of the molecule is CC(C)CN(CC(C)C)S(=O)(=O)c1ccc(C(=O)Nc2nnc(Cc3ccc(S(C)(=O)=O)cc3)o2)cc1. The summed E-state index contributed by atoms with van der Waals surface area (Å²) in [5.41, 5.74) is 0.990. The molecule has 0 radical (unpaired) electrons. The molecule has 2 aromatic carbocycles. The molecule has 0 aliphatic rings. The molecule has 0 unspecified atom stereocenters. The van der Waals surface area contributed by atoms with Gasteiger partial charge in [-0.05, 0) is 53.8 Å². The number of rotatable bonds is 11. The van der Waals surface area contributed by atoms with E-state index in [0.29, 0.717) is 13.1 Å². The first-order valence-corrected chi connectivity index (χ1v) is 15.1. The van der Waals surface area contributed by atoms with Crippen molar-refractivity contribution in [3.05, 3.63) is 65.5 Å². The molecule has 1 aromatic heterocycles. The van der Waals surface area contributed by atoms with Gasteiger partial charge in [0.2, 0.25) is 15.9 Å². The van der Waals surface area contributed by atoms with E-state index in [0.717, 1.165) is 11.8 Å². The second-order valence-corrected chi connectivity index (χ2v) is 13.6. The number of hydrogen-bond acceptors (Lipinski definition) is 8. The standard InChI is InChI=1S/C25H32N4O6S2/c1-17(2)15-29(16-18(3)4)37(33,34)22-12-8-20(9-13-22)24(30)26-25-28-27-23(35-25)14-19-6-10-21(11-7-19)36(5,31)32/h6-13,17-18H,14-16H2,1-5H3,(H,26,28,30). The average Bonchev–Trinajstić information content (AvgIpc) is 3.24. The number of sulfonamides is 1. The van der Waals surface area contributed by atoms with Crippen molar-refractivity contribution in [3.63, 3.8) is 0 Å². The fourth-order valence-electron chi connectivity index (χ4n) is 3.59. The van der Waals surface area contributed by atoms with Crippen LogP contribution in [0.25, 0.3) is 0 Å². The number of sulfone groups is 1. The number of anilines is 1. The molecule has 37 heavy (non-hydrogen) atoms. The minimum Gasteiger partial charge on any atom is -0.407 e. The lowest BCUT2D eigenvalue weighted by molar-refractivity contribution is 0.102. The summed E-state index contributed by atoms with van der Waals surface area (Å²) in [5, 5.41) is 10.2. The van der Waals surface area contributed by atoms with E-state index >= 15 is 0 Å². The fourth-order valence-corrected chi connectivity index (χ4v) is 5.98. The van der Waals surface area contributed by atoms with Crippen molar-refractivity contribution in [3.8, 4) is 0 Å². The Bertz CT molecular complexity index is 1420. The van der Waals surface area contributed by atoms with Gasteiger partial charge in [-0.15, -0.1) is 5.10 Å². The lowest BCUT2D eigenvalue weighted by Gasteiger charge is -2.25. The van der Waals surface area contributed by atoms with Crippen LogP contribution in [-0.4, -0.2) is 56.6 Å². The molecule has 0 saturated carbocycles. The number of aromatic nitrogens is 2. The topological polar surface area (TPSA) is 140 Å². The van der Waals surface area contributed by atoms with Crippen LogP contribution < -0.4 is 5.32 Å². The Hall–Kier alpha value is -3.09. The van der Waals surface area contributed by atoms with Gasteiger partial charge in [-0.1, -0.05) is 44.9 Å². The van der Waals surface area contributed by atoms with Crippen molar-refractivity contribution in [2.24, 2.45) is 11.8 Å². The molecular weight excluding hydrogens is 516 g/mol. The van der Waals surface area contributed by atoms with E-state index in [9.17, 15) is 21.6 Å². The van der Waals surface area contributed by atoms with Crippen LogP contribution in [0, 0.1) is 11.8 Å². The number of benzene rings is 2. The highest BCUT2D eigenvalue weighted by Gasteiger charge is 2.26. The summed E-state index contributed by atoms with van der Waals surface area (Å²) >= 11 is 0. The summed E-state index contributed by atoms with van der Waals surface area (Å²) in [7, 11) is -6.99. The first-order valence-electron chi connectivity index (χ1n) is 11.8. The molecule has 200 valence electrons. The molecule has 1 heterocycles. The van der Waals surface area contributed by atoms with Gasteiger partial charge in [-0.25, -0.2) is 16.8 Å². The van der Waals surface area contributed by atoms with Crippen LogP contribution in [-0.2, 0) is 26.3 Å². The Morgan fingerprint density at radius 1 is 0.865 bits per heavy atom. The molecule has 0 spiro atoms. The van der Waals surface area contributed by atoms with Gasteiger partial charge in [0.1, 0.15) is 0 Å². The lowest BCUT2D eigenvalue weighted by atomic mass is 10.1. The minimum atomic E-state index is -3.70. The van der Waals surface area contributed by atoms with Crippen LogP contribution >= 0.6 is 0 Å². The maximum atomic E-state index is 13.2. The number of hydrogen-bond donors (Lipinski definition) is 1. The molecule has 10 nitrogen and oxygen atoms in total. The van der Waals surface area contributed by atoms with Crippen LogP contribution in [0.15, 0.2) is 62.7 Å². The molecule has 0 bridgehead atoms. The largest absolute Gasteiger partial charge is 0.407 e. The third-order valence-corrected chi connectivity index (χ3v) is 8.26. The van der Waals surface area contributed by atoms with Crippen molar-refractivity contribution < 1.29 is 26.0 Å². The summed E-state index contributed by atoms with van der Waals surface area (Å²) < 4.78 is 56.5. The smallest absolute Gasteiger partial charge is 0.322 e. The van der Waals surface area contributed by atoms with Crippen molar-refractivity contribution in [1.82, 2.24) is 14.5 Å². The van der Waals surface area contributed by atoms with Gasteiger partial charge in [0.25, 0.3) is 5.91 Å². The lowest BCUT2D eigenvalue weighted by Crippen LogP contribution is -2.37. The van der Waals surface area contributed by atoms with E-state index in [1.54, 1.807) is 12.1 Å². The van der Waals surface area contributed by atoms with Crippen LogP contribution in [0.3, 0.4) is 0 Å². The zero-order valence-corrected chi connectivity index (χ0v) is 23.1. The maximum absolute atomic E-state index is 13.2. The van der Waals surface area contributed by atoms with E-state index in [-0.39, 0.29) is 45.5 Å². The summed E-state index contributed by atoms with van der Waals surface area (Å²) in [6, 6.07) is 11.9.